The van der Waals surface area contributed by atoms with Crippen LogP contribution in [0.2, 0.25) is 0 Å². The van der Waals surface area contributed by atoms with Crippen LogP contribution >= 0.6 is 0 Å². The van der Waals surface area contributed by atoms with Crippen LogP contribution in [-0.4, -0.2) is 63.1 Å². The van der Waals surface area contributed by atoms with Crippen molar-refractivity contribution in [3.63, 3.8) is 0 Å². The molecule has 0 fully saturated rings. The van der Waals surface area contributed by atoms with Crippen LogP contribution in [0.5, 0.6) is 5.75 Å². The molecule has 0 bridgehead atoms. The molecule has 0 atom stereocenters. The zero-order chi connectivity index (χ0) is 25.1. The first-order chi connectivity index (χ1) is 17.0. The van der Waals surface area contributed by atoms with E-state index in [0.29, 0.717) is 19.5 Å². The Bertz CT molecular complexity index is 1130. The minimum absolute atomic E-state index is 0.252. The van der Waals surface area contributed by atoms with Crippen LogP contribution in [0.25, 0.3) is 22.6 Å². The zero-order valence-corrected chi connectivity index (χ0v) is 21.7. The van der Waals surface area contributed by atoms with Crippen LogP contribution in [0.3, 0.4) is 0 Å². The number of rotatable bonds is 15. The van der Waals surface area contributed by atoms with Crippen molar-refractivity contribution in [1.29, 1.82) is 0 Å². The number of hydrogen-bond donors (Lipinski definition) is 3. The molecule has 9 heteroatoms. The highest BCUT2D eigenvalue weighted by atomic mass is 32.2. The summed E-state index contributed by atoms with van der Waals surface area (Å²) in [6.07, 6.45) is 2.71. The Morgan fingerprint density at radius 2 is 1.66 bits per heavy atom. The molecule has 0 aliphatic carbocycles. The van der Waals surface area contributed by atoms with Gasteiger partial charge < -0.3 is 14.6 Å². The largest absolute Gasteiger partial charge is 0.497 e. The SMILES string of the molecule is CCCCN(CC)CCNS(=O)(=O)NCCc1[nH]c(-c2ccccc2)nc1-c1ccc(OC)cc1. The zero-order valence-electron chi connectivity index (χ0n) is 20.9. The van der Waals surface area contributed by atoms with Gasteiger partial charge in [0.15, 0.2) is 0 Å². The van der Waals surface area contributed by atoms with Crippen LogP contribution in [0.4, 0.5) is 0 Å². The first-order valence-corrected chi connectivity index (χ1v) is 13.7. The van der Waals surface area contributed by atoms with Crippen LogP contribution in [0.1, 0.15) is 32.4 Å². The molecule has 0 aliphatic heterocycles. The van der Waals surface area contributed by atoms with Gasteiger partial charge in [0.25, 0.3) is 10.2 Å². The number of imidazole rings is 1. The molecule has 0 saturated heterocycles. The number of ether oxygens (including phenoxy) is 1. The van der Waals surface area contributed by atoms with Crippen LogP contribution in [-0.2, 0) is 16.6 Å². The van der Waals surface area contributed by atoms with Crippen molar-refractivity contribution in [1.82, 2.24) is 24.3 Å². The lowest BCUT2D eigenvalue weighted by Crippen LogP contribution is -2.41. The highest BCUT2D eigenvalue weighted by Gasteiger charge is 2.15. The van der Waals surface area contributed by atoms with E-state index in [1.54, 1.807) is 7.11 Å². The second-order valence-electron chi connectivity index (χ2n) is 8.34. The molecule has 0 amide bonds. The molecular weight excluding hydrogens is 462 g/mol. The van der Waals surface area contributed by atoms with Gasteiger partial charge in [-0.1, -0.05) is 50.6 Å². The second-order valence-corrected chi connectivity index (χ2v) is 9.92. The fourth-order valence-corrected chi connectivity index (χ4v) is 4.65. The summed E-state index contributed by atoms with van der Waals surface area (Å²) in [4.78, 5) is 10.5. The third-order valence-electron chi connectivity index (χ3n) is 5.85. The number of benzene rings is 2. The fourth-order valence-electron chi connectivity index (χ4n) is 3.82. The first kappa shape index (κ1) is 26.9. The standard InChI is InChI=1S/C26H37N5O3S/c1-4-6-19-31(5-2)20-18-28-35(32,33)27-17-16-24-25(21-12-14-23(34-3)15-13-21)30-26(29-24)22-10-8-7-9-11-22/h7-15,27-28H,4-6,16-20H2,1-3H3,(H,29,30). The summed E-state index contributed by atoms with van der Waals surface area (Å²) in [5.41, 5.74) is 3.58. The Kier molecular flexibility index (Phi) is 10.3. The summed E-state index contributed by atoms with van der Waals surface area (Å²) < 4.78 is 35.5. The minimum Gasteiger partial charge on any atom is -0.497 e. The summed E-state index contributed by atoms with van der Waals surface area (Å²) in [5, 5.41) is 0. The number of unbranched alkanes of at least 4 members (excludes halogenated alkanes) is 1. The van der Waals surface area contributed by atoms with Crippen molar-refractivity contribution in [3.05, 3.63) is 60.3 Å². The number of nitrogens with zero attached hydrogens (tertiary/aromatic N) is 2. The number of methoxy groups -OCH3 is 1. The molecule has 0 unspecified atom stereocenters. The average Bonchev–Trinajstić information content (AvgIpc) is 3.30. The van der Waals surface area contributed by atoms with Gasteiger partial charge in [-0.2, -0.15) is 8.42 Å². The molecule has 1 aromatic heterocycles. The van der Waals surface area contributed by atoms with E-state index in [1.165, 1.54) is 0 Å². The monoisotopic (exact) mass is 499 g/mol. The summed E-state index contributed by atoms with van der Waals surface area (Å²) in [7, 11) is -1.95. The van der Waals surface area contributed by atoms with Gasteiger partial charge in [0.2, 0.25) is 0 Å². The number of H-pyrrole nitrogens is 1. The molecule has 0 aliphatic rings. The van der Waals surface area contributed by atoms with E-state index in [9.17, 15) is 8.42 Å². The molecule has 8 nitrogen and oxygen atoms in total. The van der Waals surface area contributed by atoms with E-state index in [-0.39, 0.29) is 6.54 Å². The van der Waals surface area contributed by atoms with E-state index in [2.05, 4.69) is 33.2 Å². The molecule has 1 heterocycles. The van der Waals surface area contributed by atoms with Crippen molar-refractivity contribution in [2.75, 3.05) is 39.8 Å². The lowest BCUT2D eigenvalue weighted by molar-refractivity contribution is 0.288. The van der Waals surface area contributed by atoms with E-state index in [1.807, 2.05) is 54.6 Å². The molecule has 3 N–H and O–H groups in total. The summed E-state index contributed by atoms with van der Waals surface area (Å²) in [6, 6.07) is 17.6. The van der Waals surface area contributed by atoms with Gasteiger partial charge in [-0.15, -0.1) is 0 Å². The molecular formula is C26H37N5O3S. The van der Waals surface area contributed by atoms with Gasteiger partial charge in [-0.25, -0.2) is 14.4 Å². The third kappa shape index (κ3) is 8.17. The second kappa shape index (κ2) is 13.4. The summed E-state index contributed by atoms with van der Waals surface area (Å²) in [6.45, 7) is 7.47. The van der Waals surface area contributed by atoms with E-state index < -0.39 is 10.2 Å². The lowest BCUT2D eigenvalue weighted by Gasteiger charge is -2.20. The number of likely N-dealkylation sites (N-methyl/N-ethyl adjacent to an activating group) is 1. The molecule has 0 spiro atoms. The van der Waals surface area contributed by atoms with Gasteiger partial charge in [-0.3, -0.25) is 0 Å². The molecule has 2 aromatic carbocycles. The van der Waals surface area contributed by atoms with Crippen LogP contribution in [0.15, 0.2) is 54.6 Å². The molecule has 190 valence electrons. The van der Waals surface area contributed by atoms with E-state index >= 15 is 0 Å². The smallest absolute Gasteiger partial charge is 0.276 e. The molecule has 0 radical (unpaired) electrons. The Morgan fingerprint density at radius 3 is 2.31 bits per heavy atom. The van der Waals surface area contributed by atoms with Crippen LogP contribution < -0.4 is 14.2 Å². The maximum Gasteiger partial charge on any atom is 0.276 e. The van der Waals surface area contributed by atoms with Crippen molar-refractivity contribution >= 4 is 10.2 Å². The maximum atomic E-state index is 12.5. The van der Waals surface area contributed by atoms with Crippen molar-refractivity contribution in [2.24, 2.45) is 0 Å². The Labute approximate surface area is 209 Å². The number of nitrogens with one attached hydrogen (secondary N) is 3. The number of aromatic amines is 1. The quantitative estimate of drug-likeness (QED) is 0.295. The minimum atomic E-state index is -3.59. The molecule has 35 heavy (non-hydrogen) atoms. The average molecular weight is 500 g/mol. The topological polar surface area (TPSA) is 99.4 Å². The Morgan fingerprint density at radius 1 is 0.943 bits per heavy atom. The molecule has 3 aromatic rings. The first-order valence-electron chi connectivity index (χ1n) is 12.2. The predicted molar refractivity (Wildman–Crippen MR) is 142 cm³/mol. The van der Waals surface area contributed by atoms with E-state index in [0.717, 1.165) is 60.0 Å². The van der Waals surface area contributed by atoms with Gasteiger partial charge in [0.05, 0.1) is 12.8 Å². The number of aromatic nitrogens is 2. The van der Waals surface area contributed by atoms with Crippen LogP contribution in [0, 0.1) is 0 Å². The summed E-state index contributed by atoms with van der Waals surface area (Å²) in [5.74, 6) is 1.52. The third-order valence-corrected chi connectivity index (χ3v) is 7.02. The highest BCUT2D eigenvalue weighted by Crippen LogP contribution is 2.27. The maximum absolute atomic E-state index is 12.5. The van der Waals surface area contributed by atoms with Crippen molar-refractivity contribution in [3.8, 4) is 28.4 Å². The highest BCUT2D eigenvalue weighted by molar-refractivity contribution is 7.87. The van der Waals surface area contributed by atoms with E-state index in [4.69, 9.17) is 9.72 Å². The Hall–Kier alpha value is -2.72. The van der Waals surface area contributed by atoms with Gasteiger partial charge in [0, 0.05) is 42.9 Å². The fraction of sp³-hybridized carbons (Fsp3) is 0.423. The predicted octanol–water partition coefficient (Wildman–Crippen LogP) is 3.84. The van der Waals surface area contributed by atoms with Crippen molar-refractivity contribution < 1.29 is 13.2 Å². The van der Waals surface area contributed by atoms with Gasteiger partial charge in [0.1, 0.15) is 11.6 Å². The lowest BCUT2D eigenvalue weighted by atomic mass is 10.1. The van der Waals surface area contributed by atoms with Crippen molar-refractivity contribution in [2.45, 2.75) is 33.1 Å². The molecule has 3 rings (SSSR count). The number of hydrogen-bond acceptors (Lipinski definition) is 5. The van der Waals surface area contributed by atoms with Gasteiger partial charge in [-0.05, 0) is 43.8 Å². The van der Waals surface area contributed by atoms with Gasteiger partial charge >= 0.3 is 0 Å². The Balaban J connectivity index is 1.65. The summed E-state index contributed by atoms with van der Waals surface area (Å²) >= 11 is 0. The normalized spacial score (nSPS) is 11.8. The molecule has 0 saturated carbocycles.